The lowest BCUT2D eigenvalue weighted by molar-refractivity contribution is 0.119. The van der Waals surface area contributed by atoms with Crippen LogP contribution in [0.4, 0.5) is 0 Å². The SMILES string of the molecule is CCNC(=NCc1ccc(OCCCN(C)C)cc1)N(C)Cc1csc(C(C)OC)n1.I. The van der Waals surface area contributed by atoms with Crippen molar-refractivity contribution in [2.75, 3.05) is 47.9 Å². The number of rotatable bonds is 12. The number of aliphatic imine (C=N–C) groups is 1. The monoisotopic (exact) mass is 575 g/mol. The van der Waals surface area contributed by atoms with Crippen molar-refractivity contribution in [1.29, 1.82) is 0 Å². The Hall–Kier alpha value is -1.43. The highest BCUT2D eigenvalue weighted by atomic mass is 127. The van der Waals surface area contributed by atoms with Crippen molar-refractivity contribution in [1.82, 2.24) is 20.1 Å². The van der Waals surface area contributed by atoms with Gasteiger partial charge in [-0.25, -0.2) is 9.98 Å². The third-order valence-corrected chi connectivity index (χ3v) is 5.77. The smallest absolute Gasteiger partial charge is 0.194 e. The van der Waals surface area contributed by atoms with Gasteiger partial charge in [0.2, 0.25) is 0 Å². The van der Waals surface area contributed by atoms with E-state index in [-0.39, 0.29) is 30.1 Å². The standard InChI is InChI=1S/C23H37N5O2S.HI/c1-7-24-23(28(5)16-20-17-31-22(26-20)18(2)29-6)25-15-19-9-11-21(12-10-19)30-14-8-13-27(3)4;/h9-12,17-18H,7-8,13-16H2,1-6H3,(H,24,25);1H. The molecule has 1 heterocycles. The van der Waals surface area contributed by atoms with Gasteiger partial charge in [0.05, 0.1) is 25.4 Å². The molecule has 0 aliphatic rings. The molecule has 2 rings (SSSR count). The maximum atomic E-state index is 5.81. The number of ether oxygens (including phenoxy) is 2. The molecular weight excluding hydrogens is 537 g/mol. The second-order valence-corrected chi connectivity index (χ2v) is 8.62. The van der Waals surface area contributed by atoms with Crippen LogP contribution >= 0.6 is 35.3 Å². The van der Waals surface area contributed by atoms with E-state index in [0.29, 0.717) is 13.1 Å². The maximum absolute atomic E-state index is 5.81. The largest absolute Gasteiger partial charge is 0.494 e. The number of halogens is 1. The van der Waals surface area contributed by atoms with E-state index in [0.717, 1.165) is 54.1 Å². The Balaban J connectivity index is 0.00000512. The molecule has 1 atom stereocenters. The molecule has 1 aromatic heterocycles. The molecule has 0 saturated carbocycles. The summed E-state index contributed by atoms with van der Waals surface area (Å²) in [5.41, 5.74) is 2.17. The van der Waals surface area contributed by atoms with E-state index in [2.05, 4.69) is 58.6 Å². The number of guanidine groups is 1. The molecular formula is C23H38IN5O2S. The molecule has 0 bridgehead atoms. The summed E-state index contributed by atoms with van der Waals surface area (Å²) in [6, 6.07) is 8.19. The van der Waals surface area contributed by atoms with Gasteiger partial charge in [0, 0.05) is 32.6 Å². The normalized spacial score (nSPS) is 12.4. The summed E-state index contributed by atoms with van der Waals surface area (Å²) >= 11 is 1.63. The lowest BCUT2D eigenvalue weighted by atomic mass is 10.2. The van der Waals surface area contributed by atoms with Crippen LogP contribution in [0.1, 0.15) is 42.6 Å². The predicted octanol–water partition coefficient (Wildman–Crippen LogP) is 4.40. The van der Waals surface area contributed by atoms with Gasteiger partial charge in [0.15, 0.2) is 5.96 Å². The maximum Gasteiger partial charge on any atom is 0.194 e. The minimum absolute atomic E-state index is 0. The van der Waals surface area contributed by atoms with Crippen molar-refractivity contribution < 1.29 is 9.47 Å². The van der Waals surface area contributed by atoms with Crippen LogP contribution in [0.25, 0.3) is 0 Å². The Morgan fingerprint density at radius 1 is 1.22 bits per heavy atom. The van der Waals surface area contributed by atoms with E-state index in [9.17, 15) is 0 Å². The van der Waals surface area contributed by atoms with Crippen LogP contribution in [0, 0.1) is 0 Å². The van der Waals surface area contributed by atoms with E-state index in [1.54, 1.807) is 18.4 Å². The molecule has 32 heavy (non-hydrogen) atoms. The molecule has 1 unspecified atom stereocenters. The van der Waals surface area contributed by atoms with Crippen molar-refractivity contribution in [3.05, 3.63) is 45.9 Å². The van der Waals surface area contributed by atoms with E-state index in [4.69, 9.17) is 14.5 Å². The molecule has 9 heteroatoms. The number of nitrogens with one attached hydrogen (secondary N) is 1. The minimum atomic E-state index is 0. The highest BCUT2D eigenvalue weighted by Gasteiger charge is 2.12. The van der Waals surface area contributed by atoms with Gasteiger partial charge in [-0.3, -0.25) is 0 Å². The Morgan fingerprint density at radius 2 is 1.94 bits per heavy atom. The average molecular weight is 576 g/mol. The van der Waals surface area contributed by atoms with Gasteiger partial charge in [-0.15, -0.1) is 35.3 Å². The first-order valence-corrected chi connectivity index (χ1v) is 11.6. The Morgan fingerprint density at radius 3 is 2.56 bits per heavy atom. The van der Waals surface area contributed by atoms with Crippen LogP contribution in [0.5, 0.6) is 5.75 Å². The molecule has 0 spiro atoms. The van der Waals surface area contributed by atoms with Crippen LogP contribution in [-0.2, 0) is 17.8 Å². The van der Waals surface area contributed by atoms with Crippen molar-refractivity contribution in [3.8, 4) is 5.75 Å². The second-order valence-electron chi connectivity index (χ2n) is 7.73. The van der Waals surface area contributed by atoms with Crippen LogP contribution < -0.4 is 10.1 Å². The van der Waals surface area contributed by atoms with Crippen LogP contribution in [0.2, 0.25) is 0 Å². The van der Waals surface area contributed by atoms with E-state index < -0.39 is 0 Å². The Kier molecular flexibility index (Phi) is 13.8. The summed E-state index contributed by atoms with van der Waals surface area (Å²) < 4.78 is 11.2. The summed E-state index contributed by atoms with van der Waals surface area (Å²) in [5.74, 6) is 1.76. The molecule has 0 amide bonds. The first-order chi connectivity index (χ1) is 14.9. The first-order valence-electron chi connectivity index (χ1n) is 10.8. The number of hydrogen-bond donors (Lipinski definition) is 1. The fourth-order valence-electron chi connectivity index (χ4n) is 2.90. The van der Waals surface area contributed by atoms with Crippen molar-refractivity contribution in [3.63, 3.8) is 0 Å². The zero-order valence-electron chi connectivity index (χ0n) is 20.1. The molecule has 180 valence electrons. The molecule has 0 saturated heterocycles. The predicted molar refractivity (Wildman–Crippen MR) is 144 cm³/mol. The molecule has 1 aromatic carbocycles. The lowest BCUT2D eigenvalue weighted by Crippen LogP contribution is -2.38. The second kappa shape index (κ2) is 15.4. The molecule has 7 nitrogen and oxygen atoms in total. The first kappa shape index (κ1) is 28.6. The lowest BCUT2D eigenvalue weighted by Gasteiger charge is -2.21. The molecule has 0 fully saturated rings. The Bertz CT molecular complexity index is 798. The molecule has 2 aromatic rings. The van der Waals surface area contributed by atoms with Crippen LogP contribution in [0.3, 0.4) is 0 Å². The van der Waals surface area contributed by atoms with E-state index in [1.807, 2.05) is 26.1 Å². The van der Waals surface area contributed by atoms with Gasteiger partial charge in [0.25, 0.3) is 0 Å². The molecule has 0 aliphatic heterocycles. The number of benzene rings is 1. The molecule has 1 N–H and O–H groups in total. The average Bonchev–Trinajstić information content (AvgIpc) is 3.22. The summed E-state index contributed by atoms with van der Waals surface area (Å²) in [7, 11) is 7.89. The van der Waals surface area contributed by atoms with Crippen LogP contribution in [-0.4, -0.2) is 68.7 Å². The quantitative estimate of drug-likeness (QED) is 0.175. The van der Waals surface area contributed by atoms with Gasteiger partial charge >= 0.3 is 0 Å². The third kappa shape index (κ3) is 10.0. The van der Waals surface area contributed by atoms with Gasteiger partial charge in [-0.2, -0.15) is 0 Å². The van der Waals surface area contributed by atoms with Gasteiger partial charge in [-0.05, 0) is 52.1 Å². The number of nitrogens with zero attached hydrogens (tertiary/aromatic N) is 4. The zero-order valence-corrected chi connectivity index (χ0v) is 23.3. The zero-order chi connectivity index (χ0) is 22.6. The minimum Gasteiger partial charge on any atom is -0.494 e. The number of hydrogen-bond acceptors (Lipinski definition) is 6. The third-order valence-electron chi connectivity index (χ3n) is 4.72. The van der Waals surface area contributed by atoms with Crippen molar-refractivity contribution >= 4 is 41.3 Å². The van der Waals surface area contributed by atoms with Crippen molar-refractivity contribution in [2.24, 2.45) is 4.99 Å². The highest BCUT2D eigenvalue weighted by molar-refractivity contribution is 14.0. The van der Waals surface area contributed by atoms with E-state index in [1.165, 1.54) is 0 Å². The fourth-order valence-corrected chi connectivity index (χ4v) is 3.74. The van der Waals surface area contributed by atoms with Gasteiger partial charge < -0.3 is 24.6 Å². The van der Waals surface area contributed by atoms with E-state index >= 15 is 0 Å². The fraction of sp³-hybridized carbons (Fsp3) is 0.565. The summed E-state index contributed by atoms with van der Waals surface area (Å²) in [6.45, 7) is 7.96. The number of aromatic nitrogens is 1. The Labute approximate surface area is 214 Å². The number of methoxy groups -OCH3 is 1. The summed E-state index contributed by atoms with van der Waals surface area (Å²) in [4.78, 5) is 13.7. The van der Waals surface area contributed by atoms with Crippen LogP contribution in [0.15, 0.2) is 34.6 Å². The molecule has 0 aliphatic carbocycles. The highest BCUT2D eigenvalue weighted by Crippen LogP contribution is 2.21. The molecule has 0 radical (unpaired) electrons. The number of thiazole rings is 1. The summed E-state index contributed by atoms with van der Waals surface area (Å²) in [5, 5.41) is 6.45. The topological polar surface area (TPSA) is 62.2 Å². The van der Waals surface area contributed by atoms with Crippen molar-refractivity contribution in [2.45, 2.75) is 39.5 Å². The van der Waals surface area contributed by atoms with Gasteiger partial charge in [0.1, 0.15) is 16.9 Å². The van der Waals surface area contributed by atoms with Gasteiger partial charge in [-0.1, -0.05) is 12.1 Å². The summed E-state index contributed by atoms with van der Waals surface area (Å²) in [6.07, 6.45) is 1.04.